The standard InChI is InChI=1S/C31H34N2O2/c1-19-8-10-21(11-9-19)28-32-25-17-22(29(34)35-7)12-13-26(25)33(28)27-18-24-23(16-20(27)2)30(3,4)14-15-31(24,5)6/h8-13,16-18H,14-15H2,1-7H3. The second-order valence-electron chi connectivity index (χ2n) is 11.3. The Morgan fingerprint density at radius 3 is 2.14 bits per heavy atom. The Hall–Kier alpha value is -3.40. The topological polar surface area (TPSA) is 44.1 Å². The lowest BCUT2D eigenvalue weighted by Crippen LogP contribution is -2.34. The first-order valence-electron chi connectivity index (χ1n) is 12.4. The van der Waals surface area contributed by atoms with Gasteiger partial charge in [0.2, 0.25) is 0 Å². The van der Waals surface area contributed by atoms with E-state index in [9.17, 15) is 4.79 Å². The number of aromatic nitrogens is 2. The lowest BCUT2D eigenvalue weighted by molar-refractivity contribution is 0.0601. The number of methoxy groups -OCH3 is 1. The minimum absolute atomic E-state index is 0.103. The van der Waals surface area contributed by atoms with Crippen molar-refractivity contribution in [2.75, 3.05) is 7.11 Å². The first kappa shape index (κ1) is 23.3. The predicted octanol–water partition coefficient (Wildman–Crippen LogP) is 7.44. The quantitative estimate of drug-likeness (QED) is 0.295. The highest BCUT2D eigenvalue weighted by Gasteiger charge is 2.37. The molecule has 1 heterocycles. The van der Waals surface area contributed by atoms with Gasteiger partial charge in [0, 0.05) is 5.56 Å². The molecule has 5 rings (SSSR count). The fourth-order valence-electron chi connectivity index (χ4n) is 5.42. The largest absolute Gasteiger partial charge is 0.465 e. The maximum absolute atomic E-state index is 12.2. The van der Waals surface area contributed by atoms with Crippen molar-refractivity contribution in [1.82, 2.24) is 9.55 Å². The van der Waals surface area contributed by atoms with Crippen molar-refractivity contribution in [3.8, 4) is 17.1 Å². The second kappa shape index (κ2) is 8.08. The summed E-state index contributed by atoms with van der Waals surface area (Å²) in [6.45, 7) is 13.7. The van der Waals surface area contributed by atoms with Gasteiger partial charge in [-0.25, -0.2) is 9.78 Å². The van der Waals surface area contributed by atoms with Crippen molar-refractivity contribution in [3.05, 3.63) is 82.4 Å². The summed E-state index contributed by atoms with van der Waals surface area (Å²) in [5.74, 6) is 0.519. The van der Waals surface area contributed by atoms with Crippen molar-refractivity contribution in [1.29, 1.82) is 0 Å². The molecule has 0 spiro atoms. The molecule has 0 radical (unpaired) electrons. The number of carbonyl (C=O) groups is 1. The molecule has 1 aliphatic rings. The van der Waals surface area contributed by atoms with Crippen LogP contribution in [0.5, 0.6) is 0 Å². The van der Waals surface area contributed by atoms with Gasteiger partial charge >= 0.3 is 5.97 Å². The van der Waals surface area contributed by atoms with Gasteiger partial charge in [0.15, 0.2) is 0 Å². The zero-order chi connectivity index (χ0) is 25.1. The van der Waals surface area contributed by atoms with Gasteiger partial charge in [0.05, 0.1) is 29.4 Å². The summed E-state index contributed by atoms with van der Waals surface area (Å²) >= 11 is 0. The van der Waals surface area contributed by atoms with Crippen molar-refractivity contribution >= 4 is 17.0 Å². The summed E-state index contributed by atoms with van der Waals surface area (Å²) in [5, 5.41) is 0. The molecule has 0 unspecified atom stereocenters. The fourth-order valence-corrected chi connectivity index (χ4v) is 5.42. The molecule has 35 heavy (non-hydrogen) atoms. The summed E-state index contributed by atoms with van der Waals surface area (Å²) in [4.78, 5) is 17.3. The zero-order valence-corrected chi connectivity index (χ0v) is 21.8. The number of fused-ring (bicyclic) bond motifs is 2. The van der Waals surface area contributed by atoms with Crippen LogP contribution in [0.1, 0.15) is 73.1 Å². The molecule has 4 heteroatoms. The third-order valence-electron chi connectivity index (χ3n) is 7.80. The number of aryl methyl sites for hydroxylation is 2. The number of carbonyl (C=O) groups excluding carboxylic acids is 1. The summed E-state index contributed by atoms with van der Waals surface area (Å²) < 4.78 is 7.21. The van der Waals surface area contributed by atoms with Crippen LogP contribution in [0, 0.1) is 13.8 Å². The third-order valence-corrected chi connectivity index (χ3v) is 7.80. The van der Waals surface area contributed by atoms with Gasteiger partial charge < -0.3 is 4.74 Å². The third kappa shape index (κ3) is 3.85. The lowest BCUT2D eigenvalue weighted by Gasteiger charge is -2.42. The van der Waals surface area contributed by atoms with E-state index in [1.165, 1.54) is 35.8 Å². The molecule has 0 saturated heterocycles. The lowest BCUT2D eigenvalue weighted by atomic mass is 9.63. The van der Waals surface area contributed by atoms with Gasteiger partial charge in [-0.05, 0) is 78.5 Å². The van der Waals surface area contributed by atoms with Crippen molar-refractivity contribution in [3.63, 3.8) is 0 Å². The fraction of sp³-hybridized carbons (Fsp3) is 0.355. The van der Waals surface area contributed by atoms with Crippen molar-refractivity contribution < 1.29 is 9.53 Å². The SMILES string of the molecule is COC(=O)c1ccc2c(c1)nc(-c1ccc(C)cc1)n2-c1cc2c(cc1C)C(C)(C)CCC2(C)C. The first-order chi connectivity index (χ1) is 16.5. The highest BCUT2D eigenvalue weighted by Crippen LogP contribution is 2.47. The van der Waals surface area contributed by atoms with Crippen LogP contribution in [0.4, 0.5) is 0 Å². The van der Waals surface area contributed by atoms with E-state index < -0.39 is 0 Å². The number of nitrogens with zero attached hydrogens (tertiary/aromatic N) is 2. The average Bonchev–Trinajstić information content (AvgIpc) is 3.20. The summed E-state index contributed by atoms with van der Waals surface area (Å²) in [5.41, 5.74) is 9.99. The van der Waals surface area contributed by atoms with Crippen LogP contribution in [0.15, 0.2) is 54.6 Å². The Labute approximate surface area is 208 Å². The normalized spacial score (nSPS) is 16.2. The van der Waals surface area contributed by atoms with Crippen LogP contribution in [0.25, 0.3) is 28.1 Å². The molecule has 4 nitrogen and oxygen atoms in total. The predicted molar refractivity (Wildman–Crippen MR) is 143 cm³/mol. The Kier molecular flexibility index (Phi) is 5.39. The summed E-state index contributed by atoms with van der Waals surface area (Å²) in [6.07, 6.45) is 2.35. The number of ether oxygens (including phenoxy) is 1. The van der Waals surface area contributed by atoms with E-state index in [4.69, 9.17) is 9.72 Å². The maximum atomic E-state index is 12.2. The van der Waals surface area contributed by atoms with Gasteiger partial charge in [-0.15, -0.1) is 0 Å². The minimum Gasteiger partial charge on any atom is -0.465 e. The first-order valence-corrected chi connectivity index (χ1v) is 12.4. The molecule has 3 aromatic carbocycles. The minimum atomic E-state index is -0.354. The number of hydrogen-bond acceptors (Lipinski definition) is 3. The molecule has 0 saturated carbocycles. The van der Waals surface area contributed by atoms with Crippen LogP contribution in [0.3, 0.4) is 0 Å². The monoisotopic (exact) mass is 466 g/mol. The van der Waals surface area contributed by atoms with E-state index >= 15 is 0 Å². The molecule has 0 bridgehead atoms. The number of esters is 1. The molecule has 1 aromatic heterocycles. The van der Waals surface area contributed by atoms with E-state index in [-0.39, 0.29) is 16.8 Å². The smallest absolute Gasteiger partial charge is 0.337 e. The van der Waals surface area contributed by atoms with Crippen LogP contribution in [-0.2, 0) is 15.6 Å². The van der Waals surface area contributed by atoms with E-state index in [0.29, 0.717) is 5.56 Å². The Bertz CT molecular complexity index is 1460. The number of benzene rings is 3. The molecule has 0 amide bonds. The Balaban J connectivity index is 1.82. The van der Waals surface area contributed by atoms with Gasteiger partial charge in [-0.2, -0.15) is 0 Å². The van der Waals surface area contributed by atoms with E-state index in [0.717, 1.165) is 34.5 Å². The molecule has 4 aromatic rings. The second-order valence-corrected chi connectivity index (χ2v) is 11.3. The molecule has 180 valence electrons. The van der Waals surface area contributed by atoms with Gasteiger partial charge in [-0.3, -0.25) is 4.57 Å². The molecule has 0 aliphatic heterocycles. The van der Waals surface area contributed by atoms with Crippen LogP contribution in [-0.4, -0.2) is 22.6 Å². The van der Waals surface area contributed by atoms with Crippen LogP contribution < -0.4 is 0 Å². The summed E-state index contributed by atoms with van der Waals surface area (Å²) in [6, 6.07) is 18.9. The van der Waals surface area contributed by atoms with Crippen LogP contribution in [0.2, 0.25) is 0 Å². The van der Waals surface area contributed by atoms with Gasteiger partial charge in [0.1, 0.15) is 5.82 Å². The number of imidazole rings is 1. The maximum Gasteiger partial charge on any atom is 0.337 e. The highest BCUT2D eigenvalue weighted by molar-refractivity contribution is 5.95. The zero-order valence-electron chi connectivity index (χ0n) is 21.8. The molecule has 1 aliphatic carbocycles. The van der Waals surface area contributed by atoms with E-state index in [1.807, 2.05) is 18.2 Å². The highest BCUT2D eigenvalue weighted by atomic mass is 16.5. The van der Waals surface area contributed by atoms with Gasteiger partial charge in [-0.1, -0.05) is 63.6 Å². The Morgan fingerprint density at radius 2 is 1.51 bits per heavy atom. The summed E-state index contributed by atoms with van der Waals surface area (Å²) in [7, 11) is 1.41. The van der Waals surface area contributed by atoms with E-state index in [2.05, 4.69) is 82.5 Å². The molecule has 0 fully saturated rings. The molecular formula is C31H34N2O2. The Morgan fingerprint density at radius 1 is 0.886 bits per heavy atom. The number of rotatable bonds is 3. The molecule has 0 N–H and O–H groups in total. The van der Waals surface area contributed by atoms with Crippen molar-refractivity contribution in [2.24, 2.45) is 0 Å². The van der Waals surface area contributed by atoms with Gasteiger partial charge in [0.25, 0.3) is 0 Å². The molecular weight excluding hydrogens is 432 g/mol. The van der Waals surface area contributed by atoms with Crippen LogP contribution >= 0.6 is 0 Å². The number of hydrogen-bond donors (Lipinski definition) is 0. The van der Waals surface area contributed by atoms with E-state index in [1.54, 1.807) is 0 Å². The van der Waals surface area contributed by atoms with Crippen molar-refractivity contribution in [2.45, 2.75) is 65.2 Å². The average molecular weight is 467 g/mol. The molecule has 0 atom stereocenters.